The summed E-state index contributed by atoms with van der Waals surface area (Å²) in [5, 5.41) is 20.3. The monoisotopic (exact) mass is 571 g/mol. The SMILES string of the molecule is COP(=O)(OCC1O[C@@H](n2cnc3c(=O)[nH]c(N)nc32)C[C@H]1O)O[C@@H]1C[C@H](n2cnc(N)nc2=O)OC1CO. The summed E-state index contributed by atoms with van der Waals surface area (Å²) < 4.78 is 43.2. The molecule has 5 rings (SSSR count). The Morgan fingerprint density at radius 2 is 1.85 bits per heavy atom. The van der Waals surface area contributed by atoms with Gasteiger partial charge in [0.05, 0.1) is 25.6 Å². The van der Waals surface area contributed by atoms with E-state index >= 15 is 0 Å². The maximum absolute atomic E-state index is 13.2. The number of H-pyrrole nitrogens is 1. The highest BCUT2D eigenvalue weighted by Crippen LogP contribution is 2.53. The van der Waals surface area contributed by atoms with Crippen LogP contribution in [0.1, 0.15) is 25.3 Å². The summed E-state index contributed by atoms with van der Waals surface area (Å²) in [6.45, 7) is -0.931. The molecule has 0 aromatic carbocycles. The topological polar surface area (TPSA) is 267 Å². The van der Waals surface area contributed by atoms with Crippen molar-refractivity contribution < 1.29 is 37.8 Å². The number of nitrogens with one attached hydrogen (secondary N) is 1. The van der Waals surface area contributed by atoms with Crippen molar-refractivity contribution in [2.75, 3.05) is 31.8 Å². The van der Waals surface area contributed by atoms with Gasteiger partial charge in [-0.05, 0) is 0 Å². The molecule has 2 aliphatic rings. The predicted octanol–water partition coefficient (Wildman–Crippen LogP) is -1.98. The molecular formula is C19H26N9O10P. The van der Waals surface area contributed by atoms with E-state index in [-0.39, 0.29) is 35.9 Å². The normalized spacial score (nSPS) is 28.7. The van der Waals surface area contributed by atoms with Gasteiger partial charge in [0.15, 0.2) is 11.2 Å². The van der Waals surface area contributed by atoms with Crippen molar-refractivity contribution in [3.05, 3.63) is 33.5 Å². The summed E-state index contributed by atoms with van der Waals surface area (Å²) in [6.07, 6.45) is -3.21. The summed E-state index contributed by atoms with van der Waals surface area (Å²) in [5.74, 6) is -0.328. The summed E-state index contributed by atoms with van der Waals surface area (Å²) >= 11 is 0. The molecule has 39 heavy (non-hydrogen) atoms. The van der Waals surface area contributed by atoms with Crippen LogP contribution in [-0.4, -0.2) is 89.0 Å². The van der Waals surface area contributed by atoms with Crippen molar-refractivity contribution in [3.63, 3.8) is 0 Å². The number of hydrogen-bond donors (Lipinski definition) is 5. The molecule has 3 unspecified atom stereocenters. The Labute approximate surface area is 218 Å². The molecule has 0 bridgehead atoms. The number of rotatable bonds is 9. The molecule has 2 saturated heterocycles. The third kappa shape index (κ3) is 5.43. The zero-order chi connectivity index (χ0) is 27.9. The Hall–Kier alpha value is -3.29. The Balaban J connectivity index is 1.24. The number of aliphatic hydroxyl groups excluding tert-OH is 2. The third-order valence-corrected chi connectivity index (χ3v) is 7.71. The van der Waals surface area contributed by atoms with Crippen LogP contribution in [0.2, 0.25) is 0 Å². The minimum absolute atomic E-state index is 0.0251. The molecule has 2 aliphatic heterocycles. The number of nitrogens with two attached hydrogens (primary N) is 2. The van der Waals surface area contributed by atoms with Crippen molar-refractivity contribution in [2.24, 2.45) is 0 Å². The number of anilines is 2. The van der Waals surface area contributed by atoms with Crippen molar-refractivity contribution in [3.8, 4) is 0 Å². The second-order valence-electron chi connectivity index (χ2n) is 8.73. The Morgan fingerprint density at radius 1 is 1.13 bits per heavy atom. The van der Waals surface area contributed by atoms with Gasteiger partial charge in [-0.2, -0.15) is 9.97 Å². The van der Waals surface area contributed by atoms with E-state index in [0.29, 0.717) is 0 Å². The standard InChI is InChI=1S/C19H26N9O10P/c1-34-39(33,38-9-3-13(36-10(9)4-29)28-7-23-17(20)26-19(28)32)35-5-11-8(30)2-12(37-11)27-6-22-14-15(27)24-18(21)25-16(14)31/h6-13,29-30H,2-5H2,1H3,(H2,20,26,32)(H3,21,24,25,31)/t8-,9-,10?,11?,12-,13-,39?/m1/s1. The minimum atomic E-state index is -4.26. The van der Waals surface area contributed by atoms with E-state index in [9.17, 15) is 24.4 Å². The van der Waals surface area contributed by atoms with Gasteiger partial charge >= 0.3 is 13.5 Å². The Kier molecular flexibility index (Phi) is 7.49. The summed E-state index contributed by atoms with van der Waals surface area (Å²) in [4.78, 5) is 41.9. The van der Waals surface area contributed by atoms with Crippen LogP contribution in [0.25, 0.3) is 11.2 Å². The Bertz CT molecular complexity index is 1510. The lowest BCUT2D eigenvalue weighted by atomic mass is 10.2. The number of hydrogen-bond acceptors (Lipinski definition) is 16. The first-order valence-corrected chi connectivity index (χ1v) is 13.1. The first-order chi connectivity index (χ1) is 18.6. The summed E-state index contributed by atoms with van der Waals surface area (Å²) in [7, 11) is -3.17. The number of aliphatic hydroxyl groups is 2. The number of imidazole rings is 1. The van der Waals surface area contributed by atoms with E-state index in [1.807, 2.05) is 0 Å². The van der Waals surface area contributed by atoms with Crippen LogP contribution in [0.15, 0.2) is 22.2 Å². The quantitative estimate of drug-likeness (QED) is 0.174. The molecule has 0 amide bonds. The highest BCUT2D eigenvalue weighted by molar-refractivity contribution is 7.48. The molecule has 212 valence electrons. The highest BCUT2D eigenvalue weighted by atomic mass is 31.2. The molecule has 7 N–H and O–H groups in total. The molecule has 7 atom stereocenters. The summed E-state index contributed by atoms with van der Waals surface area (Å²) in [6, 6.07) is 0. The van der Waals surface area contributed by atoms with E-state index < -0.39 is 69.2 Å². The van der Waals surface area contributed by atoms with Crippen LogP contribution in [0.4, 0.5) is 11.9 Å². The molecular weight excluding hydrogens is 545 g/mol. The molecule has 19 nitrogen and oxygen atoms in total. The molecule has 5 heterocycles. The molecule has 2 fully saturated rings. The lowest BCUT2D eigenvalue weighted by Crippen LogP contribution is -2.29. The molecule has 0 aliphatic carbocycles. The van der Waals surface area contributed by atoms with Gasteiger partial charge in [-0.3, -0.25) is 32.5 Å². The number of phosphoric ester groups is 1. The number of phosphoric acid groups is 1. The van der Waals surface area contributed by atoms with Gasteiger partial charge in [-0.15, -0.1) is 0 Å². The van der Waals surface area contributed by atoms with Crippen molar-refractivity contribution in [1.29, 1.82) is 0 Å². The van der Waals surface area contributed by atoms with Gasteiger partial charge in [0.1, 0.15) is 37.1 Å². The number of ether oxygens (including phenoxy) is 2. The van der Waals surface area contributed by atoms with E-state index in [0.717, 1.165) is 18.0 Å². The van der Waals surface area contributed by atoms with E-state index in [1.165, 1.54) is 10.9 Å². The van der Waals surface area contributed by atoms with Gasteiger partial charge in [0.25, 0.3) is 5.56 Å². The van der Waals surface area contributed by atoms with Crippen LogP contribution in [-0.2, 0) is 27.6 Å². The van der Waals surface area contributed by atoms with E-state index in [1.54, 1.807) is 0 Å². The number of nitrogen functional groups attached to an aromatic ring is 2. The minimum Gasteiger partial charge on any atom is -0.394 e. The van der Waals surface area contributed by atoms with Crippen molar-refractivity contribution in [2.45, 2.75) is 49.7 Å². The fourth-order valence-corrected chi connectivity index (χ4v) is 5.48. The smallest absolute Gasteiger partial charge is 0.394 e. The number of fused-ring (bicyclic) bond motifs is 1. The van der Waals surface area contributed by atoms with Crippen LogP contribution < -0.4 is 22.7 Å². The first-order valence-electron chi connectivity index (χ1n) is 11.6. The van der Waals surface area contributed by atoms with Crippen LogP contribution in [0.5, 0.6) is 0 Å². The van der Waals surface area contributed by atoms with Crippen molar-refractivity contribution >= 4 is 30.9 Å². The van der Waals surface area contributed by atoms with E-state index in [4.69, 9.17) is 34.5 Å². The maximum Gasteiger partial charge on any atom is 0.474 e. The maximum atomic E-state index is 13.2. The third-order valence-electron chi connectivity index (χ3n) is 6.27. The molecule has 0 saturated carbocycles. The van der Waals surface area contributed by atoms with Gasteiger partial charge in [0, 0.05) is 20.0 Å². The predicted molar refractivity (Wildman–Crippen MR) is 129 cm³/mol. The number of aromatic amines is 1. The molecule has 0 spiro atoms. The van der Waals surface area contributed by atoms with Crippen LogP contribution >= 0.6 is 7.82 Å². The lowest BCUT2D eigenvalue weighted by molar-refractivity contribution is -0.0578. The average Bonchev–Trinajstić information content (AvgIpc) is 3.59. The molecule has 3 aromatic rings. The second-order valence-corrected chi connectivity index (χ2v) is 10.5. The molecule has 20 heteroatoms. The first kappa shape index (κ1) is 27.3. The number of nitrogens with zero attached hydrogens (tertiary/aromatic N) is 6. The summed E-state index contributed by atoms with van der Waals surface area (Å²) in [5.41, 5.74) is 9.99. The van der Waals surface area contributed by atoms with Crippen LogP contribution in [0.3, 0.4) is 0 Å². The second kappa shape index (κ2) is 10.7. The number of aromatic nitrogens is 7. The molecule has 0 radical (unpaired) electrons. The lowest BCUT2D eigenvalue weighted by Gasteiger charge is -2.24. The zero-order valence-electron chi connectivity index (χ0n) is 20.4. The van der Waals surface area contributed by atoms with Gasteiger partial charge in [0.2, 0.25) is 11.9 Å². The highest BCUT2D eigenvalue weighted by Gasteiger charge is 2.44. The fraction of sp³-hybridized carbons (Fsp3) is 0.579. The van der Waals surface area contributed by atoms with Crippen LogP contribution in [0, 0.1) is 0 Å². The largest absolute Gasteiger partial charge is 0.474 e. The van der Waals surface area contributed by atoms with Gasteiger partial charge < -0.3 is 31.2 Å². The fourth-order valence-electron chi connectivity index (χ4n) is 4.35. The Morgan fingerprint density at radius 3 is 2.56 bits per heavy atom. The average molecular weight is 571 g/mol. The van der Waals surface area contributed by atoms with E-state index in [2.05, 4.69) is 24.9 Å². The zero-order valence-corrected chi connectivity index (χ0v) is 21.3. The molecule has 3 aromatic heterocycles. The van der Waals surface area contributed by atoms with Crippen molar-refractivity contribution in [1.82, 2.24) is 34.1 Å². The van der Waals surface area contributed by atoms with Gasteiger partial charge in [-0.25, -0.2) is 19.3 Å². The van der Waals surface area contributed by atoms with Gasteiger partial charge in [-0.1, -0.05) is 0 Å².